The monoisotopic (exact) mass is 788 g/mol. The summed E-state index contributed by atoms with van der Waals surface area (Å²) in [5.74, 6) is 2.06. The number of nitrogens with one attached hydrogen (secondary N) is 4. The number of nitrogens with zero attached hydrogens (tertiary/aromatic N) is 4. The smallest absolute Gasteiger partial charge is 0.407 e. The van der Waals surface area contributed by atoms with Crippen LogP contribution in [0, 0.1) is 17.7 Å². The van der Waals surface area contributed by atoms with Crippen molar-refractivity contribution in [1.82, 2.24) is 40.0 Å². The molecule has 6 aromatic rings. The normalized spacial score (nSPS) is 22.6. The zero-order valence-corrected chi connectivity index (χ0v) is 33.1. The van der Waals surface area contributed by atoms with Gasteiger partial charge in [0.05, 0.1) is 64.6 Å². The second kappa shape index (κ2) is 13.9. The third-order valence-corrected chi connectivity index (χ3v) is 13.4. The number of ether oxygens (including phenoxy) is 2. The lowest BCUT2D eigenvalue weighted by Crippen LogP contribution is -2.51. The van der Waals surface area contributed by atoms with Crippen molar-refractivity contribution < 1.29 is 23.5 Å². The number of amides is 2. The molecule has 3 fully saturated rings. The SMILES string of the molecule is CCc1ccc(C2Oc3cc(-c4cnc(C5CCCN5C(=O)C(NC(=O)OC)C(C)C)[nH]4)cc(F)c3-c3cc4cc(-c5cnc(C6CC7CC7N6)[nH]5)ccc4n32)s1. The minimum atomic E-state index is -0.742. The number of benzene rings is 2. The molecule has 0 spiro atoms. The van der Waals surface area contributed by atoms with E-state index in [9.17, 15) is 9.59 Å². The summed E-state index contributed by atoms with van der Waals surface area (Å²) in [5.41, 5.74) is 5.27. The zero-order chi connectivity index (χ0) is 39.1. The number of carbonyl (C=O) groups excluding carboxylic acids is 2. The molecule has 4 aliphatic rings. The van der Waals surface area contributed by atoms with Crippen LogP contribution < -0.4 is 15.4 Å². The van der Waals surface area contributed by atoms with Gasteiger partial charge in [0.2, 0.25) is 12.1 Å². The van der Waals surface area contributed by atoms with Gasteiger partial charge in [0.15, 0.2) is 0 Å². The Labute approximate surface area is 333 Å². The van der Waals surface area contributed by atoms with Gasteiger partial charge in [-0.3, -0.25) is 9.36 Å². The number of fused-ring (bicyclic) bond motifs is 6. The van der Waals surface area contributed by atoms with Crippen LogP contribution in [0.5, 0.6) is 5.75 Å². The van der Waals surface area contributed by atoms with Crippen LogP contribution in [0.15, 0.2) is 60.9 Å². The molecule has 2 saturated heterocycles. The van der Waals surface area contributed by atoms with E-state index >= 15 is 4.39 Å². The number of H-pyrrole nitrogens is 2. The fourth-order valence-corrected chi connectivity index (χ4v) is 10.0. The van der Waals surface area contributed by atoms with Crippen LogP contribution in [0.25, 0.3) is 44.7 Å². The van der Waals surface area contributed by atoms with E-state index in [4.69, 9.17) is 19.4 Å². The van der Waals surface area contributed by atoms with Crippen LogP contribution in [0.4, 0.5) is 9.18 Å². The predicted molar refractivity (Wildman–Crippen MR) is 215 cm³/mol. The van der Waals surface area contributed by atoms with Crippen molar-refractivity contribution in [2.24, 2.45) is 11.8 Å². The van der Waals surface area contributed by atoms with Crippen molar-refractivity contribution in [1.29, 1.82) is 0 Å². The number of hydrogen-bond acceptors (Lipinski definition) is 8. The molecule has 1 saturated carbocycles. The van der Waals surface area contributed by atoms with Gasteiger partial charge in [-0.25, -0.2) is 19.2 Å². The summed E-state index contributed by atoms with van der Waals surface area (Å²) in [4.78, 5) is 46.2. The Balaban J connectivity index is 0.988. The standard InChI is InChI=1S/C43H45FN8O4S/c1-5-26-9-11-36(57-26)42-52-32-10-8-22(30-19-45-39(48-30)29-16-24-15-28(24)47-29)13-25(32)17-34(52)37-27(44)14-23(18-35(37)56-42)31-20-46-40(49-31)33-7-6-12-51(33)41(53)38(21(2)3)50-43(54)55-4/h8-11,13-14,17-21,24,28-29,33,38,42,47H,5-7,12,15-16H2,1-4H3,(H,45,48)(H,46,49)(H,50,54). The fraction of sp³-hybridized carbons (Fsp3) is 0.395. The first kappa shape index (κ1) is 35.9. The number of carbonyl (C=O) groups is 2. The van der Waals surface area contributed by atoms with Gasteiger partial charge in [0.25, 0.3) is 0 Å². The second-order valence-corrected chi connectivity index (χ2v) is 17.3. The largest absolute Gasteiger partial charge is 0.464 e. The highest BCUT2D eigenvalue weighted by Gasteiger charge is 2.47. The average Bonchev–Trinajstić information content (AvgIpc) is 3.98. The summed E-state index contributed by atoms with van der Waals surface area (Å²) in [6.45, 7) is 6.44. The van der Waals surface area contributed by atoms with Gasteiger partial charge in [-0.2, -0.15) is 0 Å². The number of thiophene rings is 1. The van der Waals surface area contributed by atoms with Crippen molar-refractivity contribution in [3.63, 3.8) is 0 Å². The number of aryl methyl sites for hydroxylation is 1. The van der Waals surface area contributed by atoms with Crippen LogP contribution in [-0.4, -0.2) is 67.1 Å². The summed E-state index contributed by atoms with van der Waals surface area (Å²) in [6, 6.07) is 15.9. The highest BCUT2D eigenvalue weighted by Crippen LogP contribution is 2.49. The Kier molecular flexibility index (Phi) is 8.74. The lowest BCUT2D eigenvalue weighted by molar-refractivity contribution is -0.135. The van der Waals surface area contributed by atoms with Crippen LogP contribution in [0.3, 0.4) is 0 Å². The Morgan fingerprint density at radius 1 is 1.04 bits per heavy atom. The number of aromatic amines is 2. The first-order chi connectivity index (χ1) is 27.7. The molecule has 12 nitrogen and oxygen atoms in total. The summed E-state index contributed by atoms with van der Waals surface area (Å²) in [5, 5.41) is 7.35. The molecule has 14 heteroatoms. The van der Waals surface area contributed by atoms with Gasteiger partial charge in [-0.1, -0.05) is 26.8 Å². The summed E-state index contributed by atoms with van der Waals surface area (Å²) >= 11 is 1.70. The Bertz CT molecular complexity index is 2530. The third kappa shape index (κ3) is 6.20. The molecule has 6 unspecified atom stereocenters. The number of methoxy groups -OCH3 is 1. The number of likely N-dealkylation sites (tertiary alicyclic amines) is 1. The van der Waals surface area contributed by atoms with Gasteiger partial charge in [0, 0.05) is 34.0 Å². The maximum absolute atomic E-state index is 16.7. The van der Waals surface area contributed by atoms with E-state index in [0.29, 0.717) is 47.4 Å². The first-order valence-electron chi connectivity index (χ1n) is 19.9. The molecule has 3 aliphatic heterocycles. The van der Waals surface area contributed by atoms with Crippen molar-refractivity contribution >= 4 is 34.2 Å². The van der Waals surface area contributed by atoms with E-state index in [1.807, 2.05) is 26.1 Å². The van der Waals surface area contributed by atoms with Crippen LogP contribution >= 0.6 is 11.3 Å². The number of rotatable bonds is 9. The fourth-order valence-electron chi connectivity index (χ4n) is 9.04. The molecule has 1 aliphatic carbocycles. The topological polar surface area (TPSA) is 142 Å². The predicted octanol–water partition coefficient (Wildman–Crippen LogP) is 8.26. The van der Waals surface area contributed by atoms with Crippen molar-refractivity contribution in [3.05, 3.63) is 88.1 Å². The van der Waals surface area contributed by atoms with E-state index in [2.05, 4.69) is 68.5 Å². The minimum Gasteiger partial charge on any atom is -0.464 e. The van der Waals surface area contributed by atoms with E-state index in [1.54, 1.807) is 22.4 Å². The van der Waals surface area contributed by atoms with Gasteiger partial charge in [0.1, 0.15) is 29.3 Å². The molecule has 294 valence electrons. The van der Waals surface area contributed by atoms with E-state index < -0.39 is 24.2 Å². The minimum absolute atomic E-state index is 0.148. The van der Waals surface area contributed by atoms with Crippen LogP contribution in [0.1, 0.15) is 86.2 Å². The third-order valence-electron chi connectivity index (χ3n) is 12.2. The van der Waals surface area contributed by atoms with Crippen LogP contribution in [-0.2, 0) is 16.0 Å². The average molecular weight is 789 g/mol. The summed E-state index contributed by atoms with van der Waals surface area (Å²) < 4.78 is 30.4. The summed E-state index contributed by atoms with van der Waals surface area (Å²) in [7, 11) is 1.28. The molecule has 4 N–H and O–H groups in total. The van der Waals surface area contributed by atoms with Crippen molar-refractivity contribution in [3.8, 4) is 39.5 Å². The number of piperidine rings is 1. The van der Waals surface area contributed by atoms with E-state index in [-0.39, 0.29) is 23.9 Å². The highest BCUT2D eigenvalue weighted by molar-refractivity contribution is 7.12. The number of aromatic nitrogens is 5. The molecule has 10 rings (SSSR count). The lowest BCUT2D eigenvalue weighted by Gasteiger charge is -2.30. The lowest BCUT2D eigenvalue weighted by atomic mass is 10.0. The van der Waals surface area contributed by atoms with E-state index in [1.165, 1.54) is 24.5 Å². The number of imidazole rings is 2. The molecule has 0 radical (unpaired) electrons. The highest BCUT2D eigenvalue weighted by atomic mass is 32.1. The van der Waals surface area contributed by atoms with Crippen LogP contribution in [0.2, 0.25) is 0 Å². The van der Waals surface area contributed by atoms with Crippen molar-refractivity contribution in [2.75, 3.05) is 13.7 Å². The summed E-state index contributed by atoms with van der Waals surface area (Å²) in [6.07, 6.45) is 7.24. The molecule has 6 atom stereocenters. The maximum Gasteiger partial charge on any atom is 0.407 e. The Morgan fingerprint density at radius 3 is 2.60 bits per heavy atom. The molecule has 7 heterocycles. The van der Waals surface area contributed by atoms with E-state index in [0.717, 1.165) is 63.7 Å². The van der Waals surface area contributed by atoms with Gasteiger partial charge in [-0.05, 0) is 86.4 Å². The molecule has 2 aromatic carbocycles. The van der Waals surface area contributed by atoms with Gasteiger partial charge >= 0.3 is 6.09 Å². The number of halogens is 1. The molecular formula is C43H45FN8O4S. The van der Waals surface area contributed by atoms with Gasteiger partial charge < -0.3 is 35.0 Å². The van der Waals surface area contributed by atoms with Gasteiger partial charge in [-0.15, -0.1) is 11.3 Å². The Hall–Kier alpha value is -5.47. The maximum atomic E-state index is 16.7. The molecule has 4 aromatic heterocycles. The number of alkyl carbamates (subject to hydrolysis) is 1. The van der Waals surface area contributed by atoms with Crippen molar-refractivity contribution in [2.45, 2.75) is 83.3 Å². The molecule has 2 amide bonds. The first-order valence-corrected chi connectivity index (χ1v) is 20.7. The second-order valence-electron chi connectivity index (χ2n) is 16.1. The molecule has 0 bridgehead atoms. The molecule has 57 heavy (non-hydrogen) atoms. The number of hydrogen-bond donors (Lipinski definition) is 4. The quantitative estimate of drug-likeness (QED) is 0.116. The molecular weight excluding hydrogens is 744 g/mol. The Morgan fingerprint density at radius 2 is 1.84 bits per heavy atom. The zero-order valence-electron chi connectivity index (χ0n) is 32.3.